The minimum atomic E-state index is -0.797. The summed E-state index contributed by atoms with van der Waals surface area (Å²) in [4.78, 5) is 38.2. The van der Waals surface area contributed by atoms with Crippen LogP contribution in [0.1, 0.15) is 19.5 Å². The number of nitrogens with one attached hydrogen (secondary N) is 1. The number of methoxy groups -OCH3 is 1. The SMILES string of the molecule is CCOC(=O)Cc1csc(S[C@H](C)C(=O)NC(=O)OC)n1. The predicted octanol–water partition coefficient (Wildman–Crippen LogP) is 1.61. The molecule has 0 fully saturated rings. The Morgan fingerprint density at radius 1 is 1.48 bits per heavy atom. The van der Waals surface area contributed by atoms with Gasteiger partial charge in [-0.1, -0.05) is 11.8 Å². The van der Waals surface area contributed by atoms with Crippen molar-refractivity contribution in [2.75, 3.05) is 13.7 Å². The van der Waals surface area contributed by atoms with E-state index in [0.29, 0.717) is 16.6 Å². The van der Waals surface area contributed by atoms with Crippen LogP contribution < -0.4 is 5.32 Å². The first-order valence-electron chi connectivity index (χ1n) is 6.11. The fraction of sp³-hybridized carbons (Fsp3) is 0.500. The molecule has 0 saturated carbocycles. The van der Waals surface area contributed by atoms with Crippen molar-refractivity contribution in [1.82, 2.24) is 10.3 Å². The summed E-state index contributed by atoms with van der Waals surface area (Å²) in [6.07, 6.45) is -0.692. The number of aromatic nitrogens is 1. The zero-order chi connectivity index (χ0) is 15.8. The van der Waals surface area contributed by atoms with Crippen LogP contribution in [0, 0.1) is 0 Å². The fourth-order valence-corrected chi connectivity index (χ4v) is 3.22. The molecule has 1 heterocycles. The molecule has 21 heavy (non-hydrogen) atoms. The summed E-state index contributed by atoms with van der Waals surface area (Å²) in [6, 6.07) is 0. The molecule has 0 radical (unpaired) electrons. The van der Waals surface area contributed by atoms with E-state index in [1.165, 1.54) is 30.2 Å². The number of nitrogens with zero attached hydrogens (tertiary/aromatic N) is 1. The number of carbonyl (C=O) groups excluding carboxylic acids is 3. The molecule has 0 aliphatic rings. The van der Waals surface area contributed by atoms with Crippen molar-refractivity contribution in [2.45, 2.75) is 29.9 Å². The molecule has 0 aromatic carbocycles. The van der Waals surface area contributed by atoms with Crippen LogP contribution in [0.25, 0.3) is 0 Å². The van der Waals surface area contributed by atoms with Crippen molar-refractivity contribution in [1.29, 1.82) is 0 Å². The van der Waals surface area contributed by atoms with E-state index in [1.807, 2.05) is 0 Å². The fourth-order valence-electron chi connectivity index (χ4n) is 1.24. The van der Waals surface area contributed by atoms with Crippen LogP contribution in [-0.4, -0.2) is 41.9 Å². The molecule has 0 spiro atoms. The second-order valence-corrected chi connectivity index (χ2v) is 6.27. The lowest BCUT2D eigenvalue weighted by molar-refractivity contribution is -0.142. The number of hydrogen-bond donors (Lipinski definition) is 1. The molecule has 7 nitrogen and oxygen atoms in total. The number of alkyl carbamates (subject to hydrolysis) is 1. The zero-order valence-corrected chi connectivity index (χ0v) is 13.5. The molecule has 1 aromatic rings. The number of thioether (sulfide) groups is 1. The molecule has 1 atom stereocenters. The quantitative estimate of drug-likeness (QED) is 0.624. The standard InChI is InChI=1S/C12H16N2O5S2/c1-4-19-9(15)5-8-6-20-12(13-8)21-7(2)10(16)14-11(17)18-3/h6-7H,4-5H2,1-3H3,(H,14,16,17)/t7-/m1/s1. The molecule has 1 N–H and O–H groups in total. The number of imide groups is 1. The third-order valence-electron chi connectivity index (χ3n) is 2.22. The topological polar surface area (TPSA) is 94.6 Å². The Morgan fingerprint density at radius 3 is 2.81 bits per heavy atom. The molecule has 0 unspecified atom stereocenters. The summed E-state index contributed by atoms with van der Waals surface area (Å²) >= 11 is 2.53. The summed E-state index contributed by atoms with van der Waals surface area (Å²) in [7, 11) is 1.18. The van der Waals surface area contributed by atoms with E-state index in [-0.39, 0.29) is 12.4 Å². The highest BCUT2D eigenvalue weighted by atomic mass is 32.2. The smallest absolute Gasteiger partial charge is 0.413 e. The Morgan fingerprint density at radius 2 is 2.19 bits per heavy atom. The number of hydrogen-bond acceptors (Lipinski definition) is 8. The van der Waals surface area contributed by atoms with Crippen molar-refractivity contribution in [2.24, 2.45) is 0 Å². The molecular formula is C12H16N2O5S2. The normalized spacial score (nSPS) is 11.6. The average Bonchev–Trinajstić information content (AvgIpc) is 2.85. The number of esters is 1. The van der Waals surface area contributed by atoms with Crippen molar-refractivity contribution in [3.8, 4) is 0 Å². The van der Waals surface area contributed by atoms with Gasteiger partial charge in [-0.15, -0.1) is 11.3 Å². The second-order valence-electron chi connectivity index (χ2n) is 3.83. The predicted molar refractivity (Wildman–Crippen MR) is 78.3 cm³/mol. The summed E-state index contributed by atoms with van der Waals surface area (Å²) in [5.41, 5.74) is 0.599. The lowest BCUT2D eigenvalue weighted by Crippen LogP contribution is -2.35. The molecule has 1 aromatic heterocycles. The van der Waals surface area contributed by atoms with Crippen LogP contribution in [0.5, 0.6) is 0 Å². The van der Waals surface area contributed by atoms with Gasteiger partial charge in [-0.25, -0.2) is 9.78 Å². The first kappa shape index (κ1) is 17.4. The van der Waals surface area contributed by atoms with Gasteiger partial charge < -0.3 is 9.47 Å². The van der Waals surface area contributed by atoms with Gasteiger partial charge in [-0.2, -0.15) is 0 Å². The van der Waals surface area contributed by atoms with Gasteiger partial charge in [0.2, 0.25) is 5.91 Å². The van der Waals surface area contributed by atoms with Crippen LogP contribution in [0.2, 0.25) is 0 Å². The van der Waals surface area contributed by atoms with E-state index < -0.39 is 17.3 Å². The number of thiazole rings is 1. The molecule has 0 aliphatic heterocycles. The highest BCUT2D eigenvalue weighted by Gasteiger charge is 2.19. The van der Waals surface area contributed by atoms with Crippen LogP contribution in [0.15, 0.2) is 9.72 Å². The number of carbonyl (C=O) groups is 3. The first-order valence-corrected chi connectivity index (χ1v) is 7.87. The Hall–Kier alpha value is -1.61. The van der Waals surface area contributed by atoms with Gasteiger partial charge in [0.1, 0.15) is 0 Å². The Kier molecular flexibility index (Phi) is 7.17. The van der Waals surface area contributed by atoms with Gasteiger partial charge in [0.05, 0.1) is 31.1 Å². The van der Waals surface area contributed by atoms with Crippen LogP contribution in [0.4, 0.5) is 4.79 Å². The maximum atomic E-state index is 11.7. The Balaban J connectivity index is 2.52. The number of ether oxygens (including phenoxy) is 2. The third-order valence-corrected chi connectivity index (χ3v) is 4.34. The molecule has 0 aliphatic carbocycles. The van der Waals surface area contributed by atoms with Crippen LogP contribution in [-0.2, 0) is 25.5 Å². The third kappa shape index (κ3) is 6.13. The molecule has 2 amide bonds. The maximum Gasteiger partial charge on any atom is 0.413 e. The van der Waals surface area contributed by atoms with Crippen molar-refractivity contribution in [3.63, 3.8) is 0 Å². The van der Waals surface area contributed by atoms with Crippen molar-refractivity contribution in [3.05, 3.63) is 11.1 Å². The minimum Gasteiger partial charge on any atom is -0.466 e. The lowest BCUT2D eigenvalue weighted by Gasteiger charge is -2.08. The second kappa shape index (κ2) is 8.63. The largest absolute Gasteiger partial charge is 0.466 e. The molecule has 1 rings (SSSR count). The average molecular weight is 332 g/mol. The van der Waals surface area contributed by atoms with E-state index >= 15 is 0 Å². The Labute approximate surface area is 130 Å². The molecule has 116 valence electrons. The zero-order valence-electron chi connectivity index (χ0n) is 11.9. The molecular weight excluding hydrogens is 316 g/mol. The van der Waals surface area contributed by atoms with Gasteiger partial charge in [0.15, 0.2) is 4.34 Å². The highest BCUT2D eigenvalue weighted by molar-refractivity contribution is 8.02. The minimum absolute atomic E-state index is 0.105. The van der Waals surface area contributed by atoms with Crippen LogP contribution in [0.3, 0.4) is 0 Å². The van der Waals surface area contributed by atoms with E-state index in [9.17, 15) is 14.4 Å². The van der Waals surface area contributed by atoms with E-state index in [2.05, 4.69) is 15.0 Å². The lowest BCUT2D eigenvalue weighted by atomic mass is 10.3. The monoisotopic (exact) mass is 332 g/mol. The van der Waals surface area contributed by atoms with E-state index in [0.717, 1.165) is 0 Å². The van der Waals surface area contributed by atoms with Gasteiger partial charge in [0.25, 0.3) is 0 Å². The van der Waals surface area contributed by atoms with Gasteiger partial charge in [-0.3, -0.25) is 14.9 Å². The summed E-state index contributed by atoms with van der Waals surface area (Å²) < 4.78 is 9.82. The summed E-state index contributed by atoms with van der Waals surface area (Å²) in [5.74, 6) is -0.801. The van der Waals surface area contributed by atoms with Crippen molar-refractivity contribution < 1.29 is 23.9 Å². The maximum absolute atomic E-state index is 11.7. The molecule has 9 heteroatoms. The van der Waals surface area contributed by atoms with Gasteiger partial charge in [-0.05, 0) is 13.8 Å². The number of amides is 2. The van der Waals surface area contributed by atoms with E-state index in [4.69, 9.17) is 4.74 Å². The first-order chi connectivity index (χ1) is 9.96. The summed E-state index contributed by atoms with van der Waals surface area (Å²) in [6.45, 7) is 3.71. The molecule has 0 saturated heterocycles. The number of rotatable bonds is 6. The molecule has 0 bridgehead atoms. The highest BCUT2D eigenvalue weighted by Crippen LogP contribution is 2.27. The van der Waals surface area contributed by atoms with Crippen LogP contribution >= 0.6 is 23.1 Å². The van der Waals surface area contributed by atoms with Gasteiger partial charge >= 0.3 is 12.1 Å². The summed E-state index contributed by atoms with van der Waals surface area (Å²) in [5, 5.41) is 3.32. The van der Waals surface area contributed by atoms with Gasteiger partial charge in [0, 0.05) is 5.38 Å². The van der Waals surface area contributed by atoms with E-state index in [1.54, 1.807) is 19.2 Å². The Bertz CT molecular complexity index is 518. The van der Waals surface area contributed by atoms with Crippen molar-refractivity contribution >= 4 is 41.1 Å².